The molecule has 1 aliphatic heterocycles. The van der Waals surface area contributed by atoms with Crippen LogP contribution in [0.5, 0.6) is 0 Å². The van der Waals surface area contributed by atoms with Crippen LogP contribution >= 0.6 is 0 Å². The Bertz CT molecular complexity index is 315. The lowest BCUT2D eigenvalue weighted by Gasteiger charge is -2.27. The van der Waals surface area contributed by atoms with Gasteiger partial charge in [-0.15, -0.1) is 0 Å². The second-order valence-corrected chi connectivity index (χ2v) is 3.76. The van der Waals surface area contributed by atoms with E-state index in [-0.39, 0.29) is 6.10 Å². The SMILES string of the molecule is CCC1(c2ccccc2)OCC(CN)O1. The third-order valence-electron chi connectivity index (χ3n) is 2.80. The van der Waals surface area contributed by atoms with Crippen molar-refractivity contribution in [1.29, 1.82) is 0 Å². The zero-order valence-electron chi connectivity index (χ0n) is 8.98. The van der Waals surface area contributed by atoms with Crippen LogP contribution in [0.3, 0.4) is 0 Å². The molecule has 1 aromatic carbocycles. The average Bonchev–Trinajstić information content (AvgIpc) is 2.75. The molecule has 15 heavy (non-hydrogen) atoms. The normalized spacial score (nSPS) is 30.7. The lowest BCUT2D eigenvalue weighted by molar-refractivity contribution is -0.177. The maximum atomic E-state index is 5.89. The van der Waals surface area contributed by atoms with Crippen LogP contribution in [0.4, 0.5) is 0 Å². The maximum Gasteiger partial charge on any atom is 0.195 e. The maximum absolute atomic E-state index is 5.89. The van der Waals surface area contributed by atoms with Crippen LogP contribution in [0.1, 0.15) is 18.9 Å². The summed E-state index contributed by atoms with van der Waals surface area (Å²) in [5.41, 5.74) is 6.66. The Kier molecular flexibility index (Phi) is 3.05. The van der Waals surface area contributed by atoms with E-state index >= 15 is 0 Å². The summed E-state index contributed by atoms with van der Waals surface area (Å²) in [6.45, 7) is 3.15. The number of hydrogen-bond donors (Lipinski definition) is 1. The number of benzene rings is 1. The van der Waals surface area contributed by atoms with Crippen molar-refractivity contribution >= 4 is 0 Å². The summed E-state index contributed by atoms with van der Waals surface area (Å²) in [6.07, 6.45) is 0.818. The minimum Gasteiger partial charge on any atom is -0.343 e. The zero-order chi connectivity index (χ0) is 10.7. The van der Waals surface area contributed by atoms with Gasteiger partial charge in [0.15, 0.2) is 5.79 Å². The van der Waals surface area contributed by atoms with Gasteiger partial charge in [0.05, 0.1) is 12.7 Å². The van der Waals surface area contributed by atoms with Crippen LogP contribution in [-0.4, -0.2) is 19.3 Å². The molecule has 82 valence electrons. The number of hydrogen-bond acceptors (Lipinski definition) is 3. The largest absolute Gasteiger partial charge is 0.343 e. The fourth-order valence-corrected chi connectivity index (χ4v) is 1.91. The topological polar surface area (TPSA) is 44.5 Å². The van der Waals surface area contributed by atoms with Gasteiger partial charge in [-0.05, 0) is 0 Å². The molecular weight excluding hydrogens is 190 g/mol. The van der Waals surface area contributed by atoms with Crippen LogP contribution in [0.2, 0.25) is 0 Å². The van der Waals surface area contributed by atoms with Gasteiger partial charge in [0.1, 0.15) is 0 Å². The standard InChI is InChI=1S/C12H17NO2/c1-2-12(10-6-4-3-5-7-10)14-9-11(8-13)15-12/h3-7,11H,2,8-9,13H2,1H3. The molecule has 0 bridgehead atoms. The smallest absolute Gasteiger partial charge is 0.195 e. The average molecular weight is 207 g/mol. The van der Waals surface area contributed by atoms with Crippen LogP contribution in [0, 0.1) is 0 Å². The van der Waals surface area contributed by atoms with E-state index in [1.807, 2.05) is 30.3 Å². The lowest BCUT2D eigenvalue weighted by atomic mass is 10.0. The molecule has 2 rings (SSSR count). The van der Waals surface area contributed by atoms with Gasteiger partial charge in [0.2, 0.25) is 0 Å². The summed E-state index contributed by atoms with van der Waals surface area (Å²) in [5, 5.41) is 0. The highest BCUT2D eigenvalue weighted by Gasteiger charge is 2.40. The first kappa shape index (κ1) is 10.6. The van der Waals surface area contributed by atoms with Crippen molar-refractivity contribution in [3.8, 4) is 0 Å². The molecule has 3 nitrogen and oxygen atoms in total. The van der Waals surface area contributed by atoms with E-state index in [9.17, 15) is 0 Å². The molecule has 1 aromatic rings. The molecule has 2 atom stereocenters. The van der Waals surface area contributed by atoms with Gasteiger partial charge in [-0.3, -0.25) is 0 Å². The van der Waals surface area contributed by atoms with Crippen molar-refractivity contribution in [1.82, 2.24) is 0 Å². The molecule has 3 heteroatoms. The van der Waals surface area contributed by atoms with Crippen LogP contribution in [-0.2, 0) is 15.3 Å². The van der Waals surface area contributed by atoms with E-state index in [1.165, 1.54) is 0 Å². The van der Waals surface area contributed by atoms with Gasteiger partial charge in [0.25, 0.3) is 0 Å². The first-order valence-electron chi connectivity index (χ1n) is 5.38. The Morgan fingerprint density at radius 2 is 2.13 bits per heavy atom. The molecule has 0 saturated carbocycles. The molecule has 1 aliphatic rings. The van der Waals surface area contributed by atoms with Crippen molar-refractivity contribution < 1.29 is 9.47 Å². The van der Waals surface area contributed by atoms with E-state index in [2.05, 4.69) is 6.92 Å². The molecule has 1 saturated heterocycles. The minimum atomic E-state index is -0.578. The highest BCUT2D eigenvalue weighted by Crippen LogP contribution is 2.36. The summed E-state index contributed by atoms with van der Waals surface area (Å²) in [6, 6.07) is 10.0. The van der Waals surface area contributed by atoms with Gasteiger partial charge < -0.3 is 15.2 Å². The number of rotatable bonds is 3. The lowest BCUT2D eigenvalue weighted by Crippen LogP contribution is -2.29. The Morgan fingerprint density at radius 3 is 2.67 bits per heavy atom. The van der Waals surface area contributed by atoms with Gasteiger partial charge in [-0.1, -0.05) is 37.3 Å². The monoisotopic (exact) mass is 207 g/mol. The van der Waals surface area contributed by atoms with E-state index in [1.54, 1.807) is 0 Å². The second kappa shape index (κ2) is 4.31. The Labute approximate surface area is 90.2 Å². The van der Waals surface area contributed by atoms with Crippen molar-refractivity contribution in [3.05, 3.63) is 35.9 Å². The molecule has 1 heterocycles. The van der Waals surface area contributed by atoms with Crippen molar-refractivity contribution in [3.63, 3.8) is 0 Å². The second-order valence-electron chi connectivity index (χ2n) is 3.76. The van der Waals surface area contributed by atoms with Crippen LogP contribution in [0.25, 0.3) is 0 Å². The van der Waals surface area contributed by atoms with Gasteiger partial charge >= 0.3 is 0 Å². The van der Waals surface area contributed by atoms with Crippen LogP contribution < -0.4 is 5.73 Å². The minimum absolute atomic E-state index is 0.0187. The highest BCUT2D eigenvalue weighted by atomic mass is 16.7. The molecule has 0 aromatic heterocycles. The third kappa shape index (κ3) is 1.91. The summed E-state index contributed by atoms with van der Waals surface area (Å²) in [4.78, 5) is 0. The Morgan fingerprint density at radius 1 is 1.40 bits per heavy atom. The summed E-state index contributed by atoms with van der Waals surface area (Å²) >= 11 is 0. The molecule has 1 fully saturated rings. The summed E-state index contributed by atoms with van der Waals surface area (Å²) < 4.78 is 11.7. The van der Waals surface area contributed by atoms with Gasteiger partial charge in [-0.25, -0.2) is 0 Å². The molecule has 0 spiro atoms. The fraction of sp³-hybridized carbons (Fsp3) is 0.500. The van der Waals surface area contributed by atoms with E-state index in [0.717, 1.165) is 12.0 Å². The van der Waals surface area contributed by atoms with Gasteiger partial charge in [0, 0.05) is 18.5 Å². The first-order chi connectivity index (χ1) is 7.30. The number of nitrogens with two attached hydrogens (primary N) is 1. The Balaban J connectivity index is 2.24. The molecule has 0 radical (unpaired) electrons. The number of ether oxygens (including phenoxy) is 2. The fourth-order valence-electron chi connectivity index (χ4n) is 1.91. The van der Waals surface area contributed by atoms with Gasteiger partial charge in [-0.2, -0.15) is 0 Å². The molecule has 2 N–H and O–H groups in total. The first-order valence-corrected chi connectivity index (χ1v) is 5.38. The quantitative estimate of drug-likeness (QED) is 0.819. The summed E-state index contributed by atoms with van der Waals surface area (Å²) in [5.74, 6) is -0.578. The van der Waals surface area contributed by atoms with E-state index in [0.29, 0.717) is 13.2 Å². The predicted octanol–water partition coefficient (Wildman–Crippen LogP) is 1.62. The Hall–Kier alpha value is -0.900. The summed E-state index contributed by atoms with van der Waals surface area (Å²) in [7, 11) is 0. The predicted molar refractivity (Wildman–Crippen MR) is 58.3 cm³/mol. The molecule has 0 amide bonds. The van der Waals surface area contributed by atoms with Crippen LogP contribution in [0.15, 0.2) is 30.3 Å². The zero-order valence-corrected chi connectivity index (χ0v) is 8.98. The molecular formula is C12H17NO2. The van der Waals surface area contributed by atoms with E-state index in [4.69, 9.17) is 15.2 Å². The van der Waals surface area contributed by atoms with Crippen molar-refractivity contribution in [2.45, 2.75) is 25.2 Å². The highest BCUT2D eigenvalue weighted by molar-refractivity contribution is 5.21. The van der Waals surface area contributed by atoms with Crippen molar-refractivity contribution in [2.24, 2.45) is 5.73 Å². The molecule has 2 unspecified atom stereocenters. The molecule has 0 aliphatic carbocycles. The van der Waals surface area contributed by atoms with Crippen molar-refractivity contribution in [2.75, 3.05) is 13.2 Å². The van der Waals surface area contributed by atoms with E-state index < -0.39 is 5.79 Å². The third-order valence-corrected chi connectivity index (χ3v) is 2.80.